The van der Waals surface area contributed by atoms with Gasteiger partial charge < -0.3 is 21.1 Å². The van der Waals surface area contributed by atoms with Crippen molar-refractivity contribution in [3.8, 4) is 0 Å². The zero-order chi connectivity index (χ0) is 17.6. The summed E-state index contributed by atoms with van der Waals surface area (Å²) in [5.74, 6) is -0.224. The van der Waals surface area contributed by atoms with Crippen molar-refractivity contribution in [1.82, 2.24) is 10.6 Å². The quantitative estimate of drug-likeness (QED) is 0.668. The summed E-state index contributed by atoms with van der Waals surface area (Å²) in [6, 6.07) is -0.0942. The molecule has 0 aromatic heterocycles. The molecule has 2 unspecified atom stereocenters. The third-order valence-electron chi connectivity index (χ3n) is 4.24. The van der Waals surface area contributed by atoms with Crippen molar-refractivity contribution in [1.29, 1.82) is 0 Å². The lowest BCUT2D eigenvalue weighted by Crippen LogP contribution is -2.54. The van der Waals surface area contributed by atoms with Crippen molar-refractivity contribution in [3.63, 3.8) is 0 Å². The first kappa shape index (κ1) is 19.7. The van der Waals surface area contributed by atoms with Gasteiger partial charge in [-0.25, -0.2) is 4.79 Å². The number of alkyl carbamates (subject to hydrolysis) is 1. The molecule has 134 valence electrons. The molecule has 0 radical (unpaired) electrons. The SMILES string of the molecule is CC(C)C(CNC(=O)OC(C)(C)C)C(NC1CCCC1)C(N)=O. The zero-order valence-corrected chi connectivity index (χ0v) is 15.1. The minimum absolute atomic E-state index is 0.0689. The van der Waals surface area contributed by atoms with Crippen LogP contribution < -0.4 is 16.4 Å². The van der Waals surface area contributed by atoms with Crippen LogP contribution in [0, 0.1) is 11.8 Å². The minimum Gasteiger partial charge on any atom is -0.444 e. The topological polar surface area (TPSA) is 93.4 Å². The second-order valence-corrected chi connectivity index (χ2v) is 7.82. The van der Waals surface area contributed by atoms with Crippen LogP contribution in [0.3, 0.4) is 0 Å². The van der Waals surface area contributed by atoms with Gasteiger partial charge in [-0.2, -0.15) is 0 Å². The monoisotopic (exact) mass is 327 g/mol. The van der Waals surface area contributed by atoms with E-state index in [1.54, 1.807) is 0 Å². The van der Waals surface area contributed by atoms with Gasteiger partial charge in [0.05, 0.1) is 6.04 Å². The van der Waals surface area contributed by atoms with Crippen LogP contribution in [-0.2, 0) is 9.53 Å². The fourth-order valence-electron chi connectivity index (χ4n) is 3.02. The van der Waals surface area contributed by atoms with Crippen molar-refractivity contribution < 1.29 is 14.3 Å². The fraction of sp³-hybridized carbons (Fsp3) is 0.882. The normalized spacial score (nSPS) is 18.7. The van der Waals surface area contributed by atoms with Gasteiger partial charge >= 0.3 is 6.09 Å². The molecule has 0 aromatic rings. The molecular weight excluding hydrogens is 294 g/mol. The van der Waals surface area contributed by atoms with Crippen LogP contribution in [0.25, 0.3) is 0 Å². The predicted octanol–water partition coefficient (Wildman–Crippen LogP) is 2.17. The molecule has 0 spiro atoms. The number of carbonyl (C=O) groups excluding carboxylic acids is 2. The van der Waals surface area contributed by atoms with Gasteiger partial charge in [0.1, 0.15) is 5.60 Å². The number of hydrogen-bond acceptors (Lipinski definition) is 4. The molecule has 4 N–H and O–H groups in total. The van der Waals surface area contributed by atoms with Gasteiger partial charge in [-0.05, 0) is 39.5 Å². The van der Waals surface area contributed by atoms with E-state index in [1.165, 1.54) is 12.8 Å². The molecule has 2 amide bonds. The van der Waals surface area contributed by atoms with E-state index in [1.807, 2.05) is 34.6 Å². The largest absolute Gasteiger partial charge is 0.444 e. The van der Waals surface area contributed by atoms with Gasteiger partial charge in [0.15, 0.2) is 0 Å². The molecule has 23 heavy (non-hydrogen) atoms. The van der Waals surface area contributed by atoms with Crippen molar-refractivity contribution in [3.05, 3.63) is 0 Å². The molecule has 0 saturated heterocycles. The molecule has 0 aliphatic heterocycles. The maximum atomic E-state index is 11.9. The summed E-state index contributed by atoms with van der Waals surface area (Å²) in [6.45, 7) is 9.89. The van der Waals surface area contributed by atoms with Crippen LogP contribution >= 0.6 is 0 Å². The van der Waals surface area contributed by atoms with E-state index in [-0.39, 0.29) is 17.7 Å². The van der Waals surface area contributed by atoms with Crippen molar-refractivity contribution in [2.45, 2.75) is 78.0 Å². The molecular formula is C17H33N3O3. The third kappa shape index (κ3) is 7.20. The Kier molecular flexibility index (Phi) is 7.32. The third-order valence-corrected chi connectivity index (χ3v) is 4.24. The van der Waals surface area contributed by atoms with E-state index in [9.17, 15) is 9.59 Å². The van der Waals surface area contributed by atoms with Crippen LogP contribution in [0.15, 0.2) is 0 Å². The van der Waals surface area contributed by atoms with Gasteiger partial charge in [0.25, 0.3) is 0 Å². The molecule has 6 nitrogen and oxygen atoms in total. The number of hydrogen-bond donors (Lipinski definition) is 3. The Hall–Kier alpha value is -1.30. The maximum Gasteiger partial charge on any atom is 0.407 e. The smallest absolute Gasteiger partial charge is 0.407 e. The lowest BCUT2D eigenvalue weighted by atomic mass is 9.87. The van der Waals surface area contributed by atoms with Crippen LogP contribution in [-0.4, -0.2) is 36.2 Å². The molecule has 1 saturated carbocycles. The molecule has 6 heteroatoms. The standard InChI is InChI=1S/C17H33N3O3/c1-11(2)13(10-19-16(22)23-17(3,4)5)14(15(18)21)20-12-8-6-7-9-12/h11-14,20H,6-10H2,1-5H3,(H2,18,21)(H,19,22). The molecule has 1 fully saturated rings. The van der Waals surface area contributed by atoms with E-state index in [4.69, 9.17) is 10.5 Å². The highest BCUT2D eigenvalue weighted by Crippen LogP contribution is 2.22. The predicted molar refractivity (Wildman–Crippen MR) is 90.9 cm³/mol. The lowest BCUT2D eigenvalue weighted by Gasteiger charge is -2.31. The molecule has 0 aromatic carbocycles. The summed E-state index contributed by atoms with van der Waals surface area (Å²) in [4.78, 5) is 23.8. The maximum absolute atomic E-state index is 11.9. The van der Waals surface area contributed by atoms with Crippen LogP contribution in [0.5, 0.6) is 0 Å². The summed E-state index contributed by atoms with van der Waals surface area (Å²) in [7, 11) is 0. The highest BCUT2D eigenvalue weighted by molar-refractivity contribution is 5.80. The van der Waals surface area contributed by atoms with E-state index < -0.39 is 17.7 Å². The van der Waals surface area contributed by atoms with E-state index in [0.29, 0.717) is 12.6 Å². The van der Waals surface area contributed by atoms with Gasteiger partial charge in [0, 0.05) is 18.5 Å². The van der Waals surface area contributed by atoms with Gasteiger partial charge in [-0.1, -0.05) is 26.7 Å². The summed E-state index contributed by atoms with van der Waals surface area (Å²) in [6.07, 6.45) is 4.06. The van der Waals surface area contributed by atoms with Gasteiger partial charge in [-0.15, -0.1) is 0 Å². The van der Waals surface area contributed by atoms with Crippen LogP contribution in [0.4, 0.5) is 4.79 Å². The van der Waals surface area contributed by atoms with E-state index in [0.717, 1.165) is 12.8 Å². The zero-order valence-electron chi connectivity index (χ0n) is 15.1. The van der Waals surface area contributed by atoms with E-state index >= 15 is 0 Å². The number of nitrogens with one attached hydrogen (secondary N) is 2. The van der Waals surface area contributed by atoms with Crippen LogP contribution in [0.1, 0.15) is 60.3 Å². The summed E-state index contributed by atoms with van der Waals surface area (Å²) in [5.41, 5.74) is 5.08. The van der Waals surface area contributed by atoms with Gasteiger partial charge in [-0.3, -0.25) is 4.79 Å². The number of ether oxygens (including phenoxy) is 1. The molecule has 0 bridgehead atoms. The summed E-state index contributed by atoms with van der Waals surface area (Å²) < 4.78 is 5.25. The fourth-order valence-corrected chi connectivity index (χ4v) is 3.02. The molecule has 2 atom stereocenters. The molecule has 1 aliphatic rings. The first-order chi connectivity index (χ1) is 10.6. The lowest BCUT2D eigenvalue weighted by molar-refractivity contribution is -0.122. The molecule has 1 aliphatic carbocycles. The second kappa shape index (κ2) is 8.52. The average molecular weight is 327 g/mol. The number of nitrogens with two attached hydrogens (primary N) is 1. The molecule has 0 heterocycles. The number of primary amides is 1. The van der Waals surface area contributed by atoms with Crippen molar-refractivity contribution in [2.24, 2.45) is 17.6 Å². The average Bonchev–Trinajstić information content (AvgIpc) is 2.87. The highest BCUT2D eigenvalue weighted by atomic mass is 16.6. The van der Waals surface area contributed by atoms with Crippen molar-refractivity contribution in [2.75, 3.05) is 6.54 Å². The van der Waals surface area contributed by atoms with Gasteiger partial charge in [0.2, 0.25) is 5.91 Å². The Morgan fingerprint density at radius 1 is 1.22 bits per heavy atom. The second-order valence-electron chi connectivity index (χ2n) is 7.82. The first-order valence-corrected chi connectivity index (χ1v) is 8.62. The minimum atomic E-state index is -0.539. The Balaban J connectivity index is 2.65. The summed E-state index contributed by atoms with van der Waals surface area (Å²) >= 11 is 0. The Morgan fingerprint density at radius 3 is 2.22 bits per heavy atom. The summed E-state index contributed by atoms with van der Waals surface area (Å²) in [5, 5.41) is 6.17. The number of carbonyl (C=O) groups is 2. The first-order valence-electron chi connectivity index (χ1n) is 8.62. The Morgan fingerprint density at radius 2 is 1.78 bits per heavy atom. The Bertz CT molecular complexity index is 398. The highest BCUT2D eigenvalue weighted by Gasteiger charge is 2.32. The van der Waals surface area contributed by atoms with E-state index in [2.05, 4.69) is 10.6 Å². The number of amides is 2. The number of rotatable bonds is 7. The van der Waals surface area contributed by atoms with Crippen LogP contribution in [0.2, 0.25) is 0 Å². The Labute approximate surface area is 139 Å². The van der Waals surface area contributed by atoms with Crippen molar-refractivity contribution >= 4 is 12.0 Å². The molecule has 1 rings (SSSR count).